The molecule has 0 saturated carbocycles. The number of benzene rings is 1. The second-order valence-electron chi connectivity index (χ2n) is 5.62. The molecule has 2 rings (SSSR count). The molecule has 0 unspecified atom stereocenters. The molecule has 3 nitrogen and oxygen atoms in total. The highest BCUT2D eigenvalue weighted by molar-refractivity contribution is 7.80. The zero-order chi connectivity index (χ0) is 15.8. The highest BCUT2D eigenvalue weighted by atomic mass is 35.5. The van der Waals surface area contributed by atoms with Crippen LogP contribution in [0.1, 0.15) is 32.1 Å². The van der Waals surface area contributed by atoms with Crippen molar-refractivity contribution in [1.82, 2.24) is 10.2 Å². The van der Waals surface area contributed by atoms with E-state index >= 15 is 0 Å². The molecule has 0 atom stereocenters. The fourth-order valence-electron chi connectivity index (χ4n) is 2.61. The van der Waals surface area contributed by atoms with E-state index in [4.69, 9.17) is 23.8 Å². The lowest BCUT2D eigenvalue weighted by Crippen LogP contribution is -2.32. The summed E-state index contributed by atoms with van der Waals surface area (Å²) in [5, 5.41) is 6.82. The van der Waals surface area contributed by atoms with Crippen LogP contribution in [0.3, 0.4) is 0 Å². The second kappa shape index (κ2) is 9.28. The largest absolute Gasteiger partial charge is 0.362 e. The fourth-order valence-corrected chi connectivity index (χ4v) is 3.01. The smallest absolute Gasteiger partial charge is 0.170 e. The van der Waals surface area contributed by atoms with Gasteiger partial charge >= 0.3 is 0 Å². The summed E-state index contributed by atoms with van der Waals surface area (Å²) in [6.07, 6.45) is 6.43. The minimum absolute atomic E-state index is 0.0916. The molecule has 1 aliphatic rings. The zero-order valence-electron chi connectivity index (χ0n) is 12.7. The van der Waals surface area contributed by atoms with Crippen LogP contribution in [0.5, 0.6) is 0 Å². The quantitative estimate of drug-likeness (QED) is 0.623. The third kappa shape index (κ3) is 6.07. The summed E-state index contributed by atoms with van der Waals surface area (Å²) in [5.74, 6) is -0.427. The number of rotatable bonds is 5. The molecule has 0 aromatic heterocycles. The first-order chi connectivity index (χ1) is 10.6. The predicted octanol–water partition coefficient (Wildman–Crippen LogP) is 4.03. The lowest BCUT2D eigenvalue weighted by Gasteiger charge is -2.19. The molecular weight excluding hydrogens is 321 g/mol. The molecule has 122 valence electrons. The van der Waals surface area contributed by atoms with Crippen LogP contribution in [-0.4, -0.2) is 36.2 Å². The van der Waals surface area contributed by atoms with Gasteiger partial charge in [0.1, 0.15) is 5.82 Å². The summed E-state index contributed by atoms with van der Waals surface area (Å²) in [5.41, 5.74) is 0.691. The lowest BCUT2D eigenvalue weighted by atomic mass is 10.2. The molecule has 1 saturated heterocycles. The van der Waals surface area contributed by atoms with Gasteiger partial charge in [-0.25, -0.2) is 4.39 Å². The lowest BCUT2D eigenvalue weighted by molar-refractivity contribution is 0.282. The van der Waals surface area contributed by atoms with E-state index < -0.39 is 5.82 Å². The zero-order valence-corrected chi connectivity index (χ0v) is 14.3. The van der Waals surface area contributed by atoms with Crippen LogP contribution < -0.4 is 10.6 Å². The van der Waals surface area contributed by atoms with Gasteiger partial charge in [-0.1, -0.05) is 24.4 Å². The summed E-state index contributed by atoms with van der Waals surface area (Å²) in [6.45, 7) is 4.38. The van der Waals surface area contributed by atoms with Gasteiger partial charge in [0.15, 0.2) is 5.11 Å². The van der Waals surface area contributed by atoms with Crippen LogP contribution in [0.25, 0.3) is 0 Å². The fraction of sp³-hybridized carbons (Fsp3) is 0.562. The number of thiocarbonyl (C=S) groups is 1. The highest BCUT2D eigenvalue weighted by Gasteiger charge is 2.08. The van der Waals surface area contributed by atoms with Gasteiger partial charge in [0, 0.05) is 12.2 Å². The molecular formula is C16H23ClFN3S. The average Bonchev–Trinajstić information content (AvgIpc) is 2.76. The Kier molecular flexibility index (Phi) is 7.36. The maximum absolute atomic E-state index is 13.1. The van der Waals surface area contributed by atoms with E-state index in [0.29, 0.717) is 10.8 Å². The van der Waals surface area contributed by atoms with Crippen LogP contribution in [0.4, 0.5) is 10.1 Å². The van der Waals surface area contributed by atoms with Gasteiger partial charge in [0.2, 0.25) is 0 Å². The van der Waals surface area contributed by atoms with Crippen molar-refractivity contribution in [2.75, 3.05) is 31.5 Å². The van der Waals surface area contributed by atoms with Gasteiger partial charge in [-0.15, -0.1) is 0 Å². The van der Waals surface area contributed by atoms with Crippen LogP contribution in [0.15, 0.2) is 18.2 Å². The van der Waals surface area contributed by atoms with E-state index in [2.05, 4.69) is 15.5 Å². The Morgan fingerprint density at radius 1 is 1.23 bits per heavy atom. The number of hydrogen-bond donors (Lipinski definition) is 2. The molecule has 1 aromatic rings. The molecule has 0 amide bonds. The van der Waals surface area contributed by atoms with Crippen LogP contribution in [-0.2, 0) is 0 Å². The first kappa shape index (κ1) is 17.4. The van der Waals surface area contributed by atoms with Gasteiger partial charge in [-0.05, 0) is 69.3 Å². The normalized spacial score (nSPS) is 16.1. The van der Waals surface area contributed by atoms with Crippen LogP contribution in [0.2, 0.25) is 5.02 Å². The number of anilines is 1. The van der Waals surface area contributed by atoms with Crippen molar-refractivity contribution in [3.05, 3.63) is 29.0 Å². The van der Waals surface area contributed by atoms with Gasteiger partial charge in [-0.2, -0.15) is 0 Å². The summed E-state index contributed by atoms with van der Waals surface area (Å²) >= 11 is 11.0. The molecule has 1 aromatic carbocycles. The number of hydrogen-bond acceptors (Lipinski definition) is 2. The maximum Gasteiger partial charge on any atom is 0.170 e. The molecule has 1 heterocycles. The molecule has 6 heteroatoms. The molecule has 0 radical (unpaired) electrons. The first-order valence-corrected chi connectivity index (χ1v) is 8.66. The van der Waals surface area contributed by atoms with Gasteiger partial charge < -0.3 is 15.5 Å². The Labute approximate surface area is 142 Å². The van der Waals surface area contributed by atoms with Crippen molar-refractivity contribution in [3.8, 4) is 0 Å². The molecule has 0 bridgehead atoms. The molecule has 22 heavy (non-hydrogen) atoms. The number of nitrogens with one attached hydrogen (secondary N) is 2. The minimum atomic E-state index is -0.427. The summed E-state index contributed by atoms with van der Waals surface area (Å²) in [4.78, 5) is 2.53. The Balaban J connectivity index is 1.63. The van der Waals surface area contributed by atoms with Crippen LogP contribution >= 0.6 is 23.8 Å². The molecule has 1 aliphatic heterocycles. The average molecular weight is 344 g/mol. The van der Waals surface area contributed by atoms with Gasteiger partial charge in [0.25, 0.3) is 0 Å². The van der Waals surface area contributed by atoms with Crippen molar-refractivity contribution >= 4 is 34.6 Å². The molecule has 2 N–H and O–H groups in total. The van der Waals surface area contributed by atoms with E-state index in [1.54, 1.807) is 6.07 Å². The third-order valence-corrected chi connectivity index (χ3v) is 4.35. The van der Waals surface area contributed by atoms with E-state index in [1.165, 1.54) is 50.9 Å². The molecule has 0 aliphatic carbocycles. The Morgan fingerprint density at radius 3 is 2.64 bits per heavy atom. The summed E-state index contributed by atoms with van der Waals surface area (Å²) in [7, 11) is 0. The second-order valence-corrected chi connectivity index (χ2v) is 6.43. The minimum Gasteiger partial charge on any atom is -0.362 e. The van der Waals surface area contributed by atoms with Crippen molar-refractivity contribution in [3.63, 3.8) is 0 Å². The standard InChI is InChI=1S/C16H23ClFN3S/c17-14-12-13(6-7-15(14)18)20-16(22)19-8-5-11-21-9-3-1-2-4-10-21/h6-7,12H,1-5,8-11H2,(H2,19,20,22). The van der Waals surface area contributed by atoms with E-state index in [-0.39, 0.29) is 5.02 Å². The third-order valence-electron chi connectivity index (χ3n) is 3.81. The highest BCUT2D eigenvalue weighted by Crippen LogP contribution is 2.19. The molecule has 1 fully saturated rings. The van der Waals surface area contributed by atoms with Crippen molar-refractivity contribution in [2.24, 2.45) is 0 Å². The topological polar surface area (TPSA) is 27.3 Å². The molecule has 0 spiro atoms. The van der Waals surface area contributed by atoms with E-state index in [1.807, 2.05) is 0 Å². The summed E-state index contributed by atoms with van der Waals surface area (Å²) < 4.78 is 13.1. The Hall–Kier alpha value is -0.910. The monoisotopic (exact) mass is 343 g/mol. The van der Waals surface area contributed by atoms with E-state index in [9.17, 15) is 4.39 Å². The number of likely N-dealkylation sites (tertiary alicyclic amines) is 1. The van der Waals surface area contributed by atoms with Crippen molar-refractivity contribution in [1.29, 1.82) is 0 Å². The van der Waals surface area contributed by atoms with Crippen LogP contribution in [0, 0.1) is 5.82 Å². The first-order valence-electron chi connectivity index (χ1n) is 7.87. The maximum atomic E-state index is 13.1. The Bertz CT molecular complexity index is 490. The van der Waals surface area contributed by atoms with Crippen molar-refractivity contribution in [2.45, 2.75) is 32.1 Å². The van der Waals surface area contributed by atoms with Crippen molar-refractivity contribution < 1.29 is 4.39 Å². The SMILES string of the molecule is Fc1ccc(NC(=S)NCCCN2CCCCCC2)cc1Cl. The van der Waals surface area contributed by atoms with Gasteiger partial charge in [0.05, 0.1) is 5.02 Å². The summed E-state index contributed by atoms with van der Waals surface area (Å²) in [6, 6.07) is 4.47. The van der Waals surface area contributed by atoms with E-state index in [0.717, 1.165) is 19.5 Å². The predicted molar refractivity (Wildman–Crippen MR) is 95.2 cm³/mol. The van der Waals surface area contributed by atoms with Gasteiger partial charge in [-0.3, -0.25) is 0 Å². The number of halogens is 2. The number of nitrogens with zero attached hydrogens (tertiary/aromatic N) is 1. The Morgan fingerprint density at radius 2 is 1.95 bits per heavy atom.